The highest BCUT2D eigenvalue weighted by atomic mass is 16.3. The van der Waals surface area contributed by atoms with Crippen LogP contribution in [0.4, 0.5) is 0 Å². The Morgan fingerprint density at radius 3 is 2.56 bits per heavy atom. The molecule has 2 unspecified atom stereocenters. The first kappa shape index (κ1) is 13.1. The normalized spacial score (nSPS) is 15.1. The molecular formula is C12H21N3O. The summed E-state index contributed by atoms with van der Waals surface area (Å²) in [4.78, 5) is 8.32. The van der Waals surface area contributed by atoms with Crippen LogP contribution < -0.4 is 5.32 Å². The van der Waals surface area contributed by atoms with Crippen molar-refractivity contribution in [2.45, 2.75) is 39.3 Å². The number of nitrogens with one attached hydrogen (secondary N) is 1. The zero-order valence-electron chi connectivity index (χ0n) is 10.2. The molecule has 2 atom stereocenters. The minimum absolute atomic E-state index is 0.160. The summed E-state index contributed by atoms with van der Waals surface area (Å²) in [5, 5.41) is 12.5. The van der Waals surface area contributed by atoms with E-state index in [4.69, 9.17) is 5.11 Å². The second-order valence-electron chi connectivity index (χ2n) is 4.38. The lowest BCUT2D eigenvalue weighted by Crippen LogP contribution is -2.36. The maximum absolute atomic E-state index is 9.00. The maximum atomic E-state index is 9.00. The average Bonchev–Trinajstić information content (AvgIpc) is 2.29. The van der Waals surface area contributed by atoms with Crippen molar-refractivity contribution in [2.75, 3.05) is 6.61 Å². The van der Waals surface area contributed by atoms with E-state index in [1.807, 2.05) is 0 Å². The summed E-state index contributed by atoms with van der Waals surface area (Å²) >= 11 is 0. The van der Waals surface area contributed by atoms with Crippen LogP contribution >= 0.6 is 0 Å². The Kier molecular flexibility index (Phi) is 5.35. The fourth-order valence-corrected chi connectivity index (χ4v) is 1.69. The zero-order valence-corrected chi connectivity index (χ0v) is 10.2. The van der Waals surface area contributed by atoms with Crippen molar-refractivity contribution in [1.29, 1.82) is 0 Å². The molecule has 0 amide bonds. The lowest BCUT2D eigenvalue weighted by molar-refractivity contribution is 0.236. The number of hydrogen-bond acceptors (Lipinski definition) is 4. The first-order valence-electron chi connectivity index (χ1n) is 5.78. The molecule has 0 aliphatic rings. The van der Waals surface area contributed by atoms with Crippen molar-refractivity contribution < 1.29 is 5.11 Å². The fraction of sp³-hybridized carbons (Fsp3) is 0.667. The van der Waals surface area contributed by atoms with Crippen molar-refractivity contribution in [1.82, 2.24) is 15.3 Å². The Bertz CT molecular complexity index is 290. The van der Waals surface area contributed by atoms with Gasteiger partial charge in [-0.1, -0.05) is 13.8 Å². The third kappa shape index (κ3) is 3.87. The molecule has 0 saturated heterocycles. The van der Waals surface area contributed by atoms with Gasteiger partial charge in [0.1, 0.15) is 0 Å². The molecule has 1 aromatic rings. The molecule has 0 aromatic carbocycles. The van der Waals surface area contributed by atoms with Crippen LogP contribution in [0.1, 0.15) is 38.9 Å². The smallest absolute Gasteiger partial charge is 0.0753 e. The van der Waals surface area contributed by atoms with Gasteiger partial charge in [0.15, 0.2) is 0 Å². The molecule has 1 heterocycles. The highest BCUT2D eigenvalue weighted by molar-refractivity contribution is 5.01. The van der Waals surface area contributed by atoms with Crippen LogP contribution in [0.25, 0.3) is 0 Å². The Hall–Kier alpha value is -1.00. The summed E-state index contributed by atoms with van der Waals surface area (Å²) in [7, 11) is 0. The van der Waals surface area contributed by atoms with Gasteiger partial charge in [-0.15, -0.1) is 0 Å². The second-order valence-corrected chi connectivity index (χ2v) is 4.38. The molecule has 1 aromatic heterocycles. The lowest BCUT2D eigenvalue weighted by Gasteiger charge is -2.25. The predicted molar refractivity (Wildman–Crippen MR) is 63.9 cm³/mol. The zero-order chi connectivity index (χ0) is 12.0. The van der Waals surface area contributed by atoms with Crippen LogP contribution in [0.2, 0.25) is 0 Å². The van der Waals surface area contributed by atoms with Crippen molar-refractivity contribution in [3.8, 4) is 0 Å². The third-order valence-corrected chi connectivity index (χ3v) is 2.74. The summed E-state index contributed by atoms with van der Waals surface area (Å²) in [6, 6.07) is 0.467. The van der Waals surface area contributed by atoms with E-state index in [1.54, 1.807) is 18.6 Å². The predicted octanol–water partition coefficient (Wildman–Crippen LogP) is 1.53. The summed E-state index contributed by atoms with van der Waals surface area (Å²) in [6.07, 6.45) is 5.91. The van der Waals surface area contributed by atoms with E-state index >= 15 is 0 Å². The number of nitrogens with zero attached hydrogens (tertiary/aromatic N) is 2. The van der Waals surface area contributed by atoms with E-state index in [9.17, 15) is 0 Å². The molecule has 2 N–H and O–H groups in total. The minimum atomic E-state index is 0.160. The molecular weight excluding hydrogens is 202 g/mol. The molecule has 0 saturated carbocycles. The van der Waals surface area contributed by atoms with Gasteiger partial charge >= 0.3 is 0 Å². The van der Waals surface area contributed by atoms with E-state index in [1.165, 1.54) is 0 Å². The second kappa shape index (κ2) is 6.55. The van der Waals surface area contributed by atoms with Crippen LogP contribution in [0.15, 0.2) is 18.6 Å². The van der Waals surface area contributed by atoms with E-state index < -0.39 is 0 Å². The van der Waals surface area contributed by atoms with E-state index in [0.29, 0.717) is 12.0 Å². The number of aliphatic hydroxyl groups is 1. The summed E-state index contributed by atoms with van der Waals surface area (Å²) in [5.41, 5.74) is 0.936. The maximum Gasteiger partial charge on any atom is 0.0753 e. The number of aromatic nitrogens is 2. The van der Waals surface area contributed by atoms with Gasteiger partial charge in [-0.25, -0.2) is 0 Å². The molecule has 0 bridgehead atoms. The highest BCUT2D eigenvalue weighted by Gasteiger charge is 2.16. The monoisotopic (exact) mass is 223 g/mol. The lowest BCUT2D eigenvalue weighted by atomic mass is 10.00. The third-order valence-electron chi connectivity index (χ3n) is 2.74. The molecule has 1 rings (SSSR count). The molecule has 0 radical (unpaired) electrons. The van der Waals surface area contributed by atoms with Gasteiger partial charge in [0, 0.05) is 37.3 Å². The molecule has 0 aliphatic heterocycles. The molecule has 4 heteroatoms. The van der Waals surface area contributed by atoms with E-state index in [-0.39, 0.29) is 12.6 Å². The molecule has 4 nitrogen and oxygen atoms in total. The standard InChI is InChI=1S/C12H21N3O/c1-9(2)11(4-7-16)15-10(3)12-8-13-5-6-14-12/h5-6,8-11,15-16H,4,7H2,1-3H3. The number of hydrogen-bond donors (Lipinski definition) is 2. The van der Waals surface area contributed by atoms with E-state index in [0.717, 1.165) is 12.1 Å². The number of rotatable bonds is 6. The fourth-order valence-electron chi connectivity index (χ4n) is 1.69. The summed E-state index contributed by atoms with van der Waals surface area (Å²) in [5.74, 6) is 0.492. The Balaban J connectivity index is 2.58. The quantitative estimate of drug-likeness (QED) is 0.768. The van der Waals surface area contributed by atoms with Crippen molar-refractivity contribution >= 4 is 0 Å². The summed E-state index contributed by atoms with van der Waals surface area (Å²) < 4.78 is 0. The van der Waals surface area contributed by atoms with Crippen molar-refractivity contribution in [2.24, 2.45) is 5.92 Å². The van der Waals surface area contributed by atoms with Gasteiger partial charge in [0.05, 0.1) is 5.69 Å². The molecule has 0 fully saturated rings. The van der Waals surface area contributed by atoms with Crippen LogP contribution in [0.3, 0.4) is 0 Å². The van der Waals surface area contributed by atoms with Gasteiger partial charge in [-0.05, 0) is 19.3 Å². The minimum Gasteiger partial charge on any atom is -0.396 e. The summed E-state index contributed by atoms with van der Waals surface area (Å²) in [6.45, 7) is 6.58. The Morgan fingerprint density at radius 1 is 1.31 bits per heavy atom. The van der Waals surface area contributed by atoms with Gasteiger partial charge in [0.2, 0.25) is 0 Å². The van der Waals surface area contributed by atoms with Gasteiger partial charge in [-0.2, -0.15) is 0 Å². The van der Waals surface area contributed by atoms with Crippen molar-refractivity contribution in [3.05, 3.63) is 24.3 Å². The first-order valence-corrected chi connectivity index (χ1v) is 5.78. The Morgan fingerprint density at radius 2 is 2.06 bits per heavy atom. The topological polar surface area (TPSA) is 58.0 Å². The van der Waals surface area contributed by atoms with Crippen LogP contribution in [-0.2, 0) is 0 Å². The largest absolute Gasteiger partial charge is 0.396 e. The van der Waals surface area contributed by atoms with Crippen LogP contribution in [0.5, 0.6) is 0 Å². The van der Waals surface area contributed by atoms with E-state index in [2.05, 4.69) is 36.1 Å². The first-order chi connectivity index (χ1) is 7.65. The highest BCUT2D eigenvalue weighted by Crippen LogP contribution is 2.13. The van der Waals surface area contributed by atoms with Gasteiger partial charge in [-0.3, -0.25) is 9.97 Å². The molecule has 0 aliphatic carbocycles. The van der Waals surface area contributed by atoms with Gasteiger partial charge in [0.25, 0.3) is 0 Å². The van der Waals surface area contributed by atoms with Crippen molar-refractivity contribution in [3.63, 3.8) is 0 Å². The molecule has 90 valence electrons. The molecule has 16 heavy (non-hydrogen) atoms. The van der Waals surface area contributed by atoms with Crippen LogP contribution in [-0.4, -0.2) is 27.7 Å². The Labute approximate surface area is 97.1 Å². The SMILES string of the molecule is CC(NC(CCO)C(C)C)c1cnccn1. The number of aliphatic hydroxyl groups excluding tert-OH is 1. The average molecular weight is 223 g/mol. The molecule has 0 spiro atoms. The van der Waals surface area contributed by atoms with Crippen LogP contribution in [0, 0.1) is 5.92 Å². The van der Waals surface area contributed by atoms with Gasteiger partial charge < -0.3 is 10.4 Å².